The average molecular weight is 457 g/mol. The lowest BCUT2D eigenvalue weighted by Crippen LogP contribution is -2.41. The predicted molar refractivity (Wildman–Crippen MR) is 121 cm³/mol. The summed E-state index contributed by atoms with van der Waals surface area (Å²) in [6, 6.07) is 14.4. The van der Waals surface area contributed by atoms with Gasteiger partial charge in [-0.3, -0.25) is 20.4 Å². The van der Waals surface area contributed by atoms with E-state index in [1.54, 1.807) is 29.8 Å². The van der Waals surface area contributed by atoms with Crippen LogP contribution in [0.3, 0.4) is 0 Å². The average Bonchev–Trinajstić information content (AvgIpc) is 3.08. The fraction of sp³-hybridized carbons (Fsp3) is 0.261. The second-order valence-corrected chi connectivity index (χ2v) is 7.37. The van der Waals surface area contributed by atoms with Crippen molar-refractivity contribution in [2.45, 2.75) is 26.8 Å². The maximum absolute atomic E-state index is 12.7. The molecule has 0 saturated carbocycles. The van der Waals surface area contributed by atoms with Gasteiger partial charge in [-0.1, -0.05) is 48.9 Å². The second-order valence-electron chi connectivity index (χ2n) is 7.02. The number of benzene rings is 2. The molecule has 8 nitrogen and oxygen atoms in total. The number of rotatable bonds is 8. The van der Waals surface area contributed by atoms with Crippen LogP contribution >= 0.6 is 11.6 Å². The van der Waals surface area contributed by atoms with Gasteiger partial charge >= 0.3 is 0 Å². The summed E-state index contributed by atoms with van der Waals surface area (Å²) >= 11 is 6.40. The number of ether oxygens (including phenoxy) is 2. The van der Waals surface area contributed by atoms with Crippen molar-refractivity contribution in [3.63, 3.8) is 0 Å². The monoisotopic (exact) mass is 456 g/mol. The van der Waals surface area contributed by atoms with Crippen molar-refractivity contribution in [3.05, 3.63) is 76.1 Å². The van der Waals surface area contributed by atoms with Gasteiger partial charge in [-0.15, -0.1) is 0 Å². The molecule has 168 valence electrons. The smallest absolute Gasteiger partial charge is 0.274 e. The second kappa shape index (κ2) is 10.7. The van der Waals surface area contributed by atoms with Gasteiger partial charge in [-0.25, -0.2) is 4.68 Å². The molecule has 1 heterocycles. The number of nitrogens with one attached hydrogen (secondary N) is 2. The van der Waals surface area contributed by atoms with Crippen molar-refractivity contribution in [1.82, 2.24) is 20.6 Å². The number of aromatic nitrogens is 2. The van der Waals surface area contributed by atoms with E-state index in [2.05, 4.69) is 16.0 Å². The molecule has 2 aromatic carbocycles. The Morgan fingerprint density at radius 2 is 1.78 bits per heavy atom. The van der Waals surface area contributed by atoms with Crippen LogP contribution in [0, 0.1) is 6.92 Å². The Labute approximate surface area is 191 Å². The van der Waals surface area contributed by atoms with Gasteiger partial charge in [0.05, 0.1) is 26.0 Å². The van der Waals surface area contributed by atoms with Crippen molar-refractivity contribution in [1.29, 1.82) is 0 Å². The third-order valence-electron chi connectivity index (χ3n) is 4.64. The molecule has 0 aliphatic carbocycles. The van der Waals surface area contributed by atoms with E-state index >= 15 is 0 Å². The minimum atomic E-state index is -0.560. The van der Waals surface area contributed by atoms with Crippen LogP contribution < -0.4 is 20.3 Å². The van der Waals surface area contributed by atoms with Crippen molar-refractivity contribution in [2.24, 2.45) is 0 Å². The molecule has 9 heteroatoms. The van der Waals surface area contributed by atoms with Crippen LogP contribution in [0.4, 0.5) is 0 Å². The first-order valence-corrected chi connectivity index (χ1v) is 10.5. The number of halogens is 1. The van der Waals surface area contributed by atoms with Crippen LogP contribution in [-0.4, -0.2) is 35.3 Å². The summed E-state index contributed by atoms with van der Waals surface area (Å²) < 4.78 is 12.4. The van der Waals surface area contributed by atoms with Crippen molar-refractivity contribution in [3.8, 4) is 11.5 Å². The predicted octanol–water partition coefficient (Wildman–Crippen LogP) is 3.77. The number of hydrogen-bond donors (Lipinski definition) is 2. The zero-order valence-electron chi connectivity index (χ0n) is 18.1. The van der Waals surface area contributed by atoms with Crippen molar-refractivity contribution in [2.75, 3.05) is 13.7 Å². The van der Waals surface area contributed by atoms with Crippen molar-refractivity contribution >= 4 is 23.4 Å². The SMILES string of the molecule is CCCOc1ccc(C(=O)NNC(=O)c2c(C)nn(Cc3ccccc3)c2Cl)cc1OC. The highest BCUT2D eigenvalue weighted by Crippen LogP contribution is 2.28. The van der Waals surface area contributed by atoms with E-state index in [0.717, 1.165) is 12.0 Å². The van der Waals surface area contributed by atoms with E-state index in [4.69, 9.17) is 21.1 Å². The van der Waals surface area contributed by atoms with Gasteiger partial charge in [0.15, 0.2) is 11.5 Å². The molecule has 32 heavy (non-hydrogen) atoms. The summed E-state index contributed by atoms with van der Waals surface area (Å²) in [4.78, 5) is 25.2. The first kappa shape index (κ1) is 23.1. The molecule has 0 aliphatic rings. The maximum Gasteiger partial charge on any atom is 0.274 e. The lowest BCUT2D eigenvalue weighted by Gasteiger charge is -2.12. The van der Waals surface area contributed by atoms with Gasteiger partial charge in [0, 0.05) is 5.56 Å². The quantitative estimate of drug-likeness (QED) is 0.503. The summed E-state index contributed by atoms with van der Waals surface area (Å²) in [5, 5.41) is 4.54. The van der Waals surface area contributed by atoms with E-state index in [1.165, 1.54) is 7.11 Å². The number of aryl methyl sites for hydroxylation is 1. The lowest BCUT2D eigenvalue weighted by molar-refractivity contribution is 0.0846. The number of carbonyl (C=O) groups excluding carboxylic acids is 2. The highest BCUT2D eigenvalue weighted by atomic mass is 35.5. The highest BCUT2D eigenvalue weighted by molar-refractivity contribution is 6.33. The van der Waals surface area contributed by atoms with Gasteiger partial charge in [-0.05, 0) is 37.1 Å². The molecule has 3 aromatic rings. The molecule has 3 rings (SSSR count). The van der Waals surface area contributed by atoms with E-state index in [0.29, 0.717) is 35.9 Å². The van der Waals surface area contributed by atoms with Crippen LogP contribution in [0.1, 0.15) is 45.3 Å². The van der Waals surface area contributed by atoms with Gasteiger partial charge in [0.2, 0.25) is 0 Å². The van der Waals surface area contributed by atoms with Gasteiger partial charge in [-0.2, -0.15) is 5.10 Å². The Morgan fingerprint density at radius 3 is 2.47 bits per heavy atom. The number of nitrogens with zero attached hydrogens (tertiary/aromatic N) is 2. The Kier molecular flexibility index (Phi) is 7.72. The first-order chi connectivity index (χ1) is 15.4. The molecule has 2 N–H and O–H groups in total. The Hall–Kier alpha value is -3.52. The molecular weight excluding hydrogens is 432 g/mol. The third-order valence-corrected chi connectivity index (χ3v) is 5.03. The van der Waals surface area contributed by atoms with Crippen LogP contribution in [-0.2, 0) is 6.54 Å². The van der Waals surface area contributed by atoms with Gasteiger partial charge < -0.3 is 9.47 Å². The molecule has 0 spiro atoms. The minimum Gasteiger partial charge on any atom is -0.493 e. The van der Waals surface area contributed by atoms with Crippen LogP contribution in [0.25, 0.3) is 0 Å². The fourth-order valence-electron chi connectivity index (χ4n) is 3.06. The molecule has 2 amide bonds. The number of carbonyl (C=O) groups is 2. The number of hydrazine groups is 1. The maximum atomic E-state index is 12.7. The molecule has 0 aliphatic heterocycles. The fourth-order valence-corrected chi connectivity index (χ4v) is 3.38. The van der Waals surface area contributed by atoms with Crippen LogP contribution in [0.5, 0.6) is 11.5 Å². The molecule has 0 saturated heterocycles. The molecule has 0 radical (unpaired) electrons. The largest absolute Gasteiger partial charge is 0.493 e. The van der Waals surface area contributed by atoms with Crippen LogP contribution in [0.2, 0.25) is 5.15 Å². The first-order valence-electron chi connectivity index (χ1n) is 10.1. The van der Waals surface area contributed by atoms with Crippen LogP contribution in [0.15, 0.2) is 48.5 Å². The highest BCUT2D eigenvalue weighted by Gasteiger charge is 2.21. The van der Waals surface area contributed by atoms with Crippen molar-refractivity contribution < 1.29 is 19.1 Å². The van der Waals surface area contributed by atoms with E-state index in [1.807, 2.05) is 37.3 Å². The van der Waals surface area contributed by atoms with Gasteiger partial charge in [0.25, 0.3) is 11.8 Å². The number of methoxy groups -OCH3 is 1. The minimum absolute atomic E-state index is 0.192. The molecule has 0 bridgehead atoms. The normalized spacial score (nSPS) is 10.5. The Balaban J connectivity index is 1.67. The summed E-state index contributed by atoms with van der Waals surface area (Å²) in [5.41, 5.74) is 6.74. The molecule has 0 atom stereocenters. The molecule has 1 aromatic heterocycles. The summed E-state index contributed by atoms with van der Waals surface area (Å²) in [6.07, 6.45) is 0.849. The zero-order valence-corrected chi connectivity index (χ0v) is 18.9. The van der Waals surface area contributed by atoms with Gasteiger partial charge in [0.1, 0.15) is 10.7 Å². The molecular formula is C23H25ClN4O4. The summed E-state index contributed by atoms with van der Waals surface area (Å²) in [7, 11) is 1.50. The zero-order chi connectivity index (χ0) is 23.1. The van der Waals surface area contributed by atoms with E-state index < -0.39 is 11.8 Å². The standard InChI is InChI=1S/C23H25ClN4O4/c1-4-12-32-18-11-10-17(13-19(18)31-3)22(29)25-26-23(30)20-15(2)27-28(21(20)24)14-16-8-6-5-7-9-16/h5-11,13H,4,12,14H2,1-3H3,(H,25,29)(H,26,30). The Bertz CT molecular complexity index is 1100. The third kappa shape index (κ3) is 5.39. The number of amides is 2. The molecule has 0 unspecified atom stereocenters. The molecule has 0 fully saturated rings. The summed E-state index contributed by atoms with van der Waals surface area (Å²) in [6.45, 7) is 4.64. The topological polar surface area (TPSA) is 94.5 Å². The number of hydrogen-bond acceptors (Lipinski definition) is 5. The van der Waals surface area contributed by atoms with E-state index in [-0.39, 0.29) is 10.7 Å². The summed E-state index contributed by atoms with van der Waals surface area (Å²) in [5.74, 6) is -0.0964. The van der Waals surface area contributed by atoms with E-state index in [9.17, 15) is 9.59 Å². The lowest BCUT2D eigenvalue weighted by atomic mass is 10.2. The Morgan fingerprint density at radius 1 is 1.06 bits per heavy atom.